The van der Waals surface area contributed by atoms with Gasteiger partial charge in [0.25, 0.3) is 0 Å². The van der Waals surface area contributed by atoms with E-state index in [0.717, 1.165) is 17.5 Å². The Labute approximate surface area is 181 Å². The number of thiocarbonyl (C=S) groups is 1. The molecule has 0 aliphatic carbocycles. The van der Waals surface area contributed by atoms with Crippen LogP contribution in [0.1, 0.15) is 43.5 Å². The Hall–Kier alpha value is -2.73. The van der Waals surface area contributed by atoms with Crippen molar-refractivity contribution in [1.82, 2.24) is 4.57 Å². The van der Waals surface area contributed by atoms with Crippen LogP contribution in [0.25, 0.3) is 10.9 Å². The number of aryl methyl sites for hydroxylation is 1. The van der Waals surface area contributed by atoms with Gasteiger partial charge in [0.15, 0.2) is 17.3 Å². The van der Waals surface area contributed by atoms with E-state index >= 15 is 0 Å². The van der Waals surface area contributed by atoms with Crippen molar-refractivity contribution in [2.24, 2.45) is 5.92 Å². The molecule has 0 fully saturated rings. The first-order valence-electron chi connectivity index (χ1n) is 9.97. The third kappa shape index (κ3) is 4.24. The van der Waals surface area contributed by atoms with E-state index in [1.165, 1.54) is 13.2 Å². The van der Waals surface area contributed by atoms with Gasteiger partial charge in [-0.1, -0.05) is 62.3 Å². The summed E-state index contributed by atoms with van der Waals surface area (Å²) in [4.78, 5) is 13.0. The molecule has 0 saturated carbocycles. The van der Waals surface area contributed by atoms with E-state index in [2.05, 4.69) is 0 Å². The quantitative estimate of drug-likeness (QED) is 0.359. The fourth-order valence-corrected chi connectivity index (χ4v) is 3.71. The van der Waals surface area contributed by atoms with Crippen molar-refractivity contribution in [3.63, 3.8) is 0 Å². The number of hydrogen-bond acceptors (Lipinski definition) is 4. The number of hydrogen-bond donors (Lipinski definition) is 0. The molecule has 0 N–H and O–H groups in total. The molecule has 0 bridgehead atoms. The molecule has 0 aliphatic rings. The van der Waals surface area contributed by atoms with Gasteiger partial charge in [-0.2, -0.15) is 0 Å². The Morgan fingerprint density at radius 3 is 2.47 bits per heavy atom. The summed E-state index contributed by atoms with van der Waals surface area (Å²) in [6.07, 6.45) is 1.19. The number of aromatic nitrogens is 1. The number of carbonyl (C=O) groups excluding carboxylic acids is 1. The molecule has 0 spiro atoms. The van der Waals surface area contributed by atoms with Crippen LogP contribution in [0.2, 0.25) is 0 Å². The Morgan fingerprint density at radius 2 is 1.87 bits per heavy atom. The molecular formula is C24H26FNO3S. The summed E-state index contributed by atoms with van der Waals surface area (Å²) in [6.45, 7) is 7.85. The number of fused-ring (bicyclic) bond motifs is 1. The minimum atomic E-state index is -0.507. The highest BCUT2D eigenvalue weighted by Gasteiger charge is 2.23. The molecule has 0 aliphatic heterocycles. The van der Waals surface area contributed by atoms with E-state index in [9.17, 15) is 9.18 Å². The topological polar surface area (TPSA) is 40.5 Å². The van der Waals surface area contributed by atoms with Crippen LogP contribution in [0.5, 0.6) is 11.5 Å². The lowest BCUT2D eigenvalue weighted by molar-refractivity contribution is -0.135. The van der Waals surface area contributed by atoms with Crippen LogP contribution in [0.4, 0.5) is 4.39 Å². The lowest BCUT2D eigenvalue weighted by Crippen LogP contribution is -2.14. The standard InChI is InChI=1S/C24H26FNO3S/c1-6-14(2)11-22(27)29-23-16(4)26(24(30)17-9-7-15(3)8-10-17)20-13-19(25)21(28-5)12-18(20)23/h7-10,12-14H,6,11H2,1-5H3. The predicted octanol–water partition coefficient (Wildman–Crippen LogP) is 5.97. The highest BCUT2D eigenvalue weighted by Crippen LogP contribution is 2.37. The first kappa shape index (κ1) is 22.0. The van der Waals surface area contributed by atoms with Crippen LogP contribution in [0.3, 0.4) is 0 Å². The number of halogens is 1. The SMILES string of the molecule is CCC(C)CC(=O)Oc1c(C)n(C(=S)c2ccc(C)cc2)c2cc(F)c(OC)cc12. The van der Waals surface area contributed by atoms with Crippen molar-refractivity contribution < 1.29 is 18.7 Å². The summed E-state index contributed by atoms with van der Waals surface area (Å²) < 4.78 is 27.2. The van der Waals surface area contributed by atoms with Gasteiger partial charge in [0.2, 0.25) is 0 Å². The van der Waals surface area contributed by atoms with Gasteiger partial charge in [-0.25, -0.2) is 4.39 Å². The zero-order valence-electron chi connectivity index (χ0n) is 17.9. The largest absolute Gasteiger partial charge is 0.494 e. The molecule has 1 atom stereocenters. The third-order valence-electron chi connectivity index (χ3n) is 5.35. The Kier molecular flexibility index (Phi) is 6.56. The molecular weight excluding hydrogens is 401 g/mol. The average molecular weight is 428 g/mol. The molecule has 0 saturated heterocycles. The van der Waals surface area contributed by atoms with Crippen molar-refractivity contribution in [2.75, 3.05) is 7.11 Å². The maximum atomic E-state index is 14.6. The second-order valence-corrected chi connectivity index (χ2v) is 8.00. The Morgan fingerprint density at radius 1 is 1.20 bits per heavy atom. The van der Waals surface area contributed by atoms with E-state index in [-0.39, 0.29) is 17.6 Å². The first-order chi connectivity index (χ1) is 14.3. The molecule has 158 valence electrons. The fraction of sp³-hybridized carbons (Fsp3) is 0.333. The molecule has 1 aromatic heterocycles. The summed E-state index contributed by atoms with van der Waals surface area (Å²) in [5, 5.41) is 0.581. The van der Waals surface area contributed by atoms with Crippen LogP contribution in [-0.2, 0) is 4.79 Å². The van der Waals surface area contributed by atoms with E-state index in [1.807, 2.05) is 52.0 Å². The molecule has 30 heavy (non-hydrogen) atoms. The zero-order chi connectivity index (χ0) is 22.0. The van der Waals surface area contributed by atoms with Crippen LogP contribution < -0.4 is 9.47 Å². The molecule has 1 heterocycles. The number of methoxy groups -OCH3 is 1. The summed E-state index contributed by atoms with van der Waals surface area (Å²) in [6, 6.07) is 10.7. The van der Waals surface area contributed by atoms with E-state index in [1.54, 1.807) is 10.6 Å². The number of rotatable bonds is 6. The van der Waals surface area contributed by atoms with Gasteiger partial charge in [-0.15, -0.1) is 0 Å². The molecule has 6 heteroatoms. The molecule has 0 amide bonds. The number of carbonyl (C=O) groups is 1. The summed E-state index contributed by atoms with van der Waals surface area (Å²) in [7, 11) is 1.40. The predicted molar refractivity (Wildman–Crippen MR) is 121 cm³/mol. The Balaban J connectivity index is 2.16. The highest BCUT2D eigenvalue weighted by molar-refractivity contribution is 7.80. The molecule has 2 aromatic carbocycles. The first-order valence-corrected chi connectivity index (χ1v) is 10.4. The number of nitrogens with zero attached hydrogens (tertiary/aromatic N) is 1. The van der Waals surface area contributed by atoms with Crippen LogP contribution in [-0.4, -0.2) is 22.6 Å². The van der Waals surface area contributed by atoms with E-state index < -0.39 is 5.82 Å². The zero-order valence-corrected chi connectivity index (χ0v) is 18.7. The Bertz CT molecular complexity index is 1100. The summed E-state index contributed by atoms with van der Waals surface area (Å²) in [5.74, 6) is -0.151. The smallest absolute Gasteiger partial charge is 0.311 e. The van der Waals surface area contributed by atoms with Gasteiger partial charge in [-0.3, -0.25) is 4.79 Å². The van der Waals surface area contributed by atoms with E-state index in [4.69, 9.17) is 21.7 Å². The minimum Gasteiger partial charge on any atom is -0.494 e. The average Bonchev–Trinajstić information content (AvgIpc) is 2.97. The second-order valence-electron chi connectivity index (χ2n) is 7.62. The van der Waals surface area contributed by atoms with Crippen LogP contribution >= 0.6 is 12.2 Å². The molecule has 0 radical (unpaired) electrons. The number of benzene rings is 2. The highest BCUT2D eigenvalue weighted by atomic mass is 32.1. The van der Waals surface area contributed by atoms with E-state index in [0.29, 0.717) is 33.8 Å². The van der Waals surface area contributed by atoms with Crippen molar-refractivity contribution in [1.29, 1.82) is 0 Å². The van der Waals surface area contributed by atoms with Crippen molar-refractivity contribution in [3.05, 3.63) is 59.0 Å². The van der Waals surface area contributed by atoms with Gasteiger partial charge >= 0.3 is 5.97 Å². The molecule has 4 nitrogen and oxygen atoms in total. The van der Waals surface area contributed by atoms with Crippen molar-refractivity contribution in [2.45, 2.75) is 40.5 Å². The third-order valence-corrected chi connectivity index (χ3v) is 5.77. The fourth-order valence-electron chi connectivity index (χ4n) is 3.34. The van der Waals surface area contributed by atoms with Crippen molar-refractivity contribution in [3.8, 4) is 11.5 Å². The second kappa shape index (κ2) is 8.96. The van der Waals surface area contributed by atoms with Crippen LogP contribution in [0.15, 0.2) is 36.4 Å². The van der Waals surface area contributed by atoms with Crippen LogP contribution in [0, 0.1) is 25.6 Å². The summed E-state index contributed by atoms with van der Waals surface area (Å²) >= 11 is 5.73. The molecule has 1 unspecified atom stereocenters. The number of ether oxygens (including phenoxy) is 2. The van der Waals surface area contributed by atoms with Gasteiger partial charge in [0, 0.05) is 23.4 Å². The summed E-state index contributed by atoms with van der Waals surface area (Å²) in [5.41, 5.74) is 3.11. The monoisotopic (exact) mass is 427 g/mol. The van der Waals surface area contributed by atoms with Gasteiger partial charge in [-0.05, 0) is 25.8 Å². The molecule has 3 rings (SSSR count). The van der Waals surface area contributed by atoms with Crippen molar-refractivity contribution >= 4 is 34.1 Å². The maximum absolute atomic E-state index is 14.6. The lowest BCUT2D eigenvalue weighted by Gasteiger charge is -2.11. The minimum absolute atomic E-state index is 0.0835. The molecule has 3 aromatic rings. The normalized spacial score (nSPS) is 12.1. The lowest BCUT2D eigenvalue weighted by atomic mass is 10.1. The number of esters is 1. The van der Waals surface area contributed by atoms with Gasteiger partial charge < -0.3 is 14.0 Å². The van der Waals surface area contributed by atoms with Gasteiger partial charge in [0.1, 0.15) is 4.99 Å². The maximum Gasteiger partial charge on any atom is 0.311 e. The van der Waals surface area contributed by atoms with Gasteiger partial charge in [0.05, 0.1) is 18.3 Å².